The van der Waals surface area contributed by atoms with Gasteiger partial charge in [0, 0.05) is 26.0 Å². The quantitative estimate of drug-likeness (QED) is 0.403. The van der Waals surface area contributed by atoms with Crippen LogP contribution in [0.2, 0.25) is 0 Å². The van der Waals surface area contributed by atoms with E-state index in [0.717, 1.165) is 10.4 Å². The van der Waals surface area contributed by atoms with E-state index in [-0.39, 0.29) is 11.7 Å². The molecule has 166 valence electrons. The Kier molecular flexibility index (Phi) is 5.47. The number of halogens is 1. The molecular weight excluding hydrogens is 439 g/mol. The van der Waals surface area contributed by atoms with Gasteiger partial charge in [-0.2, -0.15) is 5.10 Å². The van der Waals surface area contributed by atoms with Crippen molar-refractivity contribution in [2.24, 2.45) is 7.05 Å². The van der Waals surface area contributed by atoms with E-state index in [9.17, 15) is 9.18 Å². The number of aromatic nitrogens is 5. The van der Waals surface area contributed by atoms with E-state index in [1.165, 1.54) is 12.1 Å². The highest BCUT2D eigenvalue weighted by atomic mass is 32.1. The van der Waals surface area contributed by atoms with Crippen molar-refractivity contribution in [3.8, 4) is 10.6 Å². The molecule has 7 nitrogen and oxygen atoms in total. The van der Waals surface area contributed by atoms with Crippen LogP contribution in [0.15, 0.2) is 66.4 Å². The van der Waals surface area contributed by atoms with Gasteiger partial charge in [-0.25, -0.2) is 19.0 Å². The van der Waals surface area contributed by atoms with Crippen LogP contribution in [0.3, 0.4) is 0 Å². The highest BCUT2D eigenvalue weighted by Crippen LogP contribution is 2.29. The van der Waals surface area contributed by atoms with E-state index in [4.69, 9.17) is 4.98 Å². The fraction of sp³-hybridized carbons (Fsp3) is 0.167. The Morgan fingerprint density at radius 2 is 2.06 bits per heavy atom. The smallest absolute Gasteiger partial charge is 0.253 e. The van der Waals surface area contributed by atoms with Crippen molar-refractivity contribution in [3.05, 3.63) is 89.2 Å². The van der Waals surface area contributed by atoms with Crippen LogP contribution in [0.5, 0.6) is 0 Å². The lowest BCUT2D eigenvalue weighted by molar-refractivity contribution is 0.0943. The Morgan fingerprint density at radius 3 is 2.73 bits per heavy atom. The third kappa shape index (κ3) is 3.91. The number of hydrogen-bond acceptors (Lipinski definition) is 5. The molecule has 1 atom stereocenters. The average molecular weight is 461 g/mol. The monoisotopic (exact) mass is 460 g/mol. The van der Waals surface area contributed by atoms with Crippen LogP contribution in [0, 0.1) is 5.82 Å². The molecule has 0 saturated carbocycles. The van der Waals surface area contributed by atoms with Gasteiger partial charge in [0.25, 0.3) is 5.91 Å². The number of pyridine rings is 1. The maximum absolute atomic E-state index is 13.7. The number of nitrogens with zero attached hydrogens (tertiary/aromatic N) is 5. The van der Waals surface area contributed by atoms with Gasteiger partial charge in [-0.15, -0.1) is 11.3 Å². The van der Waals surface area contributed by atoms with E-state index < -0.39 is 6.04 Å². The summed E-state index contributed by atoms with van der Waals surface area (Å²) in [5, 5.41) is 10.2. The van der Waals surface area contributed by atoms with Crippen molar-refractivity contribution in [1.82, 2.24) is 29.6 Å². The van der Waals surface area contributed by atoms with Crippen LogP contribution >= 0.6 is 11.3 Å². The summed E-state index contributed by atoms with van der Waals surface area (Å²) >= 11 is 1.56. The summed E-state index contributed by atoms with van der Waals surface area (Å²) in [5.74, 6) is 0.0169. The molecule has 1 N–H and O–H groups in total. The zero-order valence-electron chi connectivity index (χ0n) is 18.1. The number of carbonyl (C=O) groups is 1. The van der Waals surface area contributed by atoms with Crippen LogP contribution in [0.25, 0.3) is 21.6 Å². The Labute approximate surface area is 193 Å². The van der Waals surface area contributed by atoms with Gasteiger partial charge < -0.3 is 9.88 Å². The van der Waals surface area contributed by atoms with Crippen molar-refractivity contribution >= 4 is 28.3 Å². The lowest BCUT2D eigenvalue weighted by Crippen LogP contribution is -2.31. The molecule has 0 radical (unpaired) electrons. The summed E-state index contributed by atoms with van der Waals surface area (Å²) in [6.07, 6.45) is 5.15. The number of imidazole rings is 1. The highest BCUT2D eigenvalue weighted by molar-refractivity contribution is 7.13. The molecule has 5 aromatic rings. The van der Waals surface area contributed by atoms with Crippen molar-refractivity contribution in [1.29, 1.82) is 0 Å². The van der Waals surface area contributed by atoms with Crippen LogP contribution < -0.4 is 5.32 Å². The van der Waals surface area contributed by atoms with Gasteiger partial charge in [0.1, 0.15) is 17.7 Å². The summed E-state index contributed by atoms with van der Waals surface area (Å²) in [5.41, 5.74) is 2.58. The number of fused-ring (bicyclic) bond motifs is 1. The van der Waals surface area contributed by atoms with E-state index in [1.807, 2.05) is 42.2 Å². The Bertz CT molecular complexity index is 1420. The van der Waals surface area contributed by atoms with Crippen LogP contribution in [0.1, 0.15) is 34.7 Å². The topological polar surface area (TPSA) is 77.6 Å². The minimum Gasteiger partial charge on any atom is -0.338 e. The number of carbonyl (C=O) groups excluding carboxylic acids is 1. The normalized spacial score (nSPS) is 12.2. The Morgan fingerprint density at radius 1 is 1.24 bits per heavy atom. The molecule has 9 heteroatoms. The second kappa shape index (κ2) is 8.59. The number of aryl methyl sites for hydroxylation is 2. The maximum atomic E-state index is 13.7. The number of amides is 1. The van der Waals surface area contributed by atoms with Crippen molar-refractivity contribution in [2.45, 2.75) is 19.5 Å². The van der Waals surface area contributed by atoms with E-state index >= 15 is 0 Å². The largest absolute Gasteiger partial charge is 0.338 e. The molecule has 1 amide bonds. The molecule has 0 spiro atoms. The molecule has 0 saturated heterocycles. The van der Waals surface area contributed by atoms with Crippen molar-refractivity contribution in [3.63, 3.8) is 0 Å². The Balaban J connectivity index is 1.60. The molecule has 0 bridgehead atoms. The van der Waals surface area contributed by atoms with Gasteiger partial charge in [0.15, 0.2) is 5.65 Å². The number of benzene rings is 1. The number of rotatable bonds is 6. The summed E-state index contributed by atoms with van der Waals surface area (Å²) < 4.78 is 17.2. The molecule has 0 aliphatic rings. The molecule has 33 heavy (non-hydrogen) atoms. The van der Waals surface area contributed by atoms with Gasteiger partial charge in [-0.05, 0) is 42.1 Å². The fourth-order valence-electron chi connectivity index (χ4n) is 3.83. The Hall–Kier alpha value is -3.85. The van der Waals surface area contributed by atoms with Gasteiger partial charge in [-0.3, -0.25) is 4.79 Å². The number of hydrogen-bond donors (Lipinski definition) is 1. The summed E-state index contributed by atoms with van der Waals surface area (Å²) in [6.45, 7) is 2.62. The van der Waals surface area contributed by atoms with E-state index in [0.29, 0.717) is 34.7 Å². The minimum atomic E-state index is -0.562. The van der Waals surface area contributed by atoms with Gasteiger partial charge >= 0.3 is 0 Å². The first-order chi connectivity index (χ1) is 16.0. The van der Waals surface area contributed by atoms with Gasteiger partial charge in [0.2, 0.25) is 0 Å². The van der Waals surface area contributed by atoms with Crippen LogP contribution in [-0.4, -0.2) is 30.2 Å². The molecule has 0 aliphatic carbocycles. The third-order valence-corrected chi connectivity index (χ3v) is 6.41. The fourth-order valence-corrected chi connectivity index (χ4v) is 4.52. The highest BCUT2D eigenvalue weighted by Gasteiger charge is 2.24. The number of nitrogens with one attached hydrogen (secondary N) is 1. The summed E-state index contributed by atoms with van der Waals surface area (Å²) in [4.78, 5) is 23.8. The minimum absolute atomic E-state index is 0.284. The van der Waals surface area contributed by atoms with E-state index in [2.05, 4.69) is 15.4 Å². The van der Waals surface area contributed by atoms with Crippen molar-refractivity contribution in [2.75, 3.05) is 0 Å². The molecule has 1 unspecified atom stereocenters. The molecule has 4 aromatic heterocycles. The lowest BCUT2D eigenvalue weighted by atomic mass is 10.0. The average Bonchev–Trinajstić information content (AvgIpc) is 3.58. The first kappa shape index (κ1) is 21.0. The lowest BCUT2D eigenvalue weighted by Gasteiger charge is -2.20. The van der Waals surface area contributed by atoms with Crippen LogP contribution in [0.4, 0.5) is 4.39 Å². The van der Waals surface area contributed by atoms with Crippen LogP contribution in [-0.2, 0) is 13.6 Å². The maximum Gasteiger partial charge on any atom is 0.253 e. The standard InChI is InChI=1S/C24H21FN6OS/c1-3-31-22-18(14-27-31)17(13-19(28-22)20-5-4-12-33-20)24(32)29-21(23-26-10-11-30(23)2)15-6-8-16(25)9-7-15/h4-14,21H,3H2,1-2H3,(H,29,32). The first-order valence-corrected chi connectivity index (χ1v) is 11.4. The predicted molar refractivity (Wildman–Crippen MR) is 125 cm³/mol. The molecule has 4 heterocycles. The van der Waals surface area contributed by atoms with Gasteiger partial charge in [-0.1, -0.05) is 18.2 Å². The second-order valence-electron chi connectivity index (χ2n) is 7.58. The van der Waals surface area contributed by atoms with Crippen molar-refractivity contribution < 1.29 is 9.18 Å². The van der Waals surface area contributed by atoms with E-state index in [1.54, 1.807) is 46.6 Å². The molecule has 5 rings (SSSR count). The summed E-state index contributed by atoms with van der Waals surface area (Å²) in [6, 6.07) is 11.2. The SMILES string of the molecule is CCn1ncc2c(C(=O)NC(c3ccc(F)cc3)c3nccn3C)cc(-c3cccs3)nc21. The zero-order chi connectivity index (χ0) is 22.9. The zero-order valence-corrected chi connectivity index (χ0v) is 18.9. The molecule has 1 aromatic carbocycles. The van der Waals surface area contributed by atoms with Gasteiger partial charge in [0.05, 0.1) is 27.7 Å². The number of thiophene rings is 1. The molecular formula is C24H21FN6OS. The molecule has 0 aliphatic heterocycles. The third-order valence-electron chi connectivity index (χ3n) is 5.52. The predicted octanol–water partition coefficient (Wildman–Crippen LogP) is 4.57. The second-order valence-corrected chi connectivity index (χ2v) is 8.53. The summed E-state index contributed by atoms with van der Waals surface area (Å²) in [7, 11) is 1.86. The molecule has 0 fully saturated rings. The first-order valence-electron chi connectivity index (χ1n) is 10.5.